The van der Waals surface area contributed by atoms with Crippen molar-refractivity contribution < 1.29 is 13.2 Å². The third-order valence-corrected chi connectivity index (χ3v) is 3.59. The van der Waals surface area contributed by atoms with Crippen LogP contribution in [0.25, 0.3) is 0 Å². The van der Waals surface area contributed by atoms with Crippen LogP contribution in [0.4, 0.5) is 13.2 Å². The van der Waals surface area contributed by atoms with E-state index in [1.165, 1.54) is 24.3 Å². The number of hydrogen-bond donors (Lipinski definition) is 1. The minimum atomic E-state index is -0.638. The molecular formula is C15H13BrF3N. The summed E-state index contributed by atoms with van der Waals surface area (Å²) in [6.07, 6.45) is 0. The van der Waals surface area contributed by atoms with Gasteiger partial charge in [0, 0.05) is 10.5 Å². The van der Waals surface area contributed by atoms with Gasteiger partial charge in [-0.1, -0.05) is 28.9 Å². The summed E-state index contributed by atoms with van der Waals surface area (Å²) < 4.78 is 40.4. The predicted molar refractivity (Wildman–Crippen MR) is 76.0 cm³/mol. The molecule has 0 saturated heterocycles. The van der Waals surface area contributed by atoms with Gasteiger partial charge in [0.2, 0.25) is 0 Å². The van der Waals surface area contributed by atoms with E-state index in [1.54, 1.807) is 6.07 Å². The standard InChI is InChI=1S/C15H13BrF3N/c1-2-20-15(9-5-11(18)7-12(19)6-9)13-4-3-10(17)8-14(13)16/h3-8,15,20H,2H2,1H3. The van der Waals surface area contributed by atoms with Crippen LogP contribution >= 0.6 is 15.9 Å². The van der Waals surface area contributed by atoms with Crippen LogP contribution in [0.3, 0.4) is 0 Å². The normalized spacial score (nSPS) is 12.4. The van der Waals surface area contributed by atoms with Gasteiger partial charge < -0.3 is 5.32 Å². The van der Waals surface area contributed by atoms with Gasteiger partial charge in [-0.15, -0.1) is 0 Å². The Balaban J connectivity index is 2.49. The van der Waals surface area contributed by atoms with Gasteiger partial charge in [-0.05, 0) is 41.9 Å². The third kappa shape index (κ3) is 3.41. The van der Waals surface area contributed by atoms with Gasteiger partial charge in [0.25, 0.3) is 0 Å². The molecule has 0 bridgehead atoms. The van der Waals surface area contributed by atoms with Crippen molar-refractivity contribution in [2.24, 2.45) is 0 Å². The Morgan fingerprint density at radius 3 is 2.20 bits per heavy atom. The zero-order valence-corrected chi connectivity index (χ0v) is 12.3. The number of benzene rings is 2. The lowest BCUT2D eigenvalue weighted by Crippen LogP contribution is -2.22. The van der Waals surface area contributed by atoms with E-state index in [0.717, 1.165) is 11.6 Å². The quantitative estimate of drug-likeness (QED) is 0.857. The molecule has 1 atom stereocenters. The van der Waals surface area contributed by atoms with E-state index in [1.807, 2.05) is 6.92 Å². The van der Waals surface area contributed by atoms with Gasteiger partial charge in [-0.25, -0.2) is 13.2 Å². The first-order chi connectivity index (χ1) is 9.51. The van der Waals surface area contributed by atoms with Crippen LogP contribution < -0.4 is 5.32 Å². The first-order valence-electron chi connectivity index (χ1n) is 6.15. The Bertz CT molecular complexity index is 596. The van der Waals surface area contributed by atoms with Crippen LogP contribution in [0.5, 0.6) is 0 Å². The average molecular weight is 344 g/mol. The summed E-state index contributed by atoms with van der Waals surface area (Å²) >= 11 is 3.28. The Morgan fingerprint density at radius 1 is 1.00 bits per heavy atom. The molecule has 0 heterocycles. The van der Waals surface area contributed by atoms with Crippen molar-refractivity contribution in [3.05, 3.63) is 69.4 Å². The summed E-state index contributed by atoms with van der Waals surface area (Å²) in [6, 6.07) is 7.19. The summed E-state index contributed by atoms with van der Waals surface area (Å²) in [4.78, 5) is 0. The molecule has 2 aromatic rings. The lowest BCUT2D eigenvalue weighted by molar-refractivity contribution is 0.564. The fourth-order valence-electron chi connectivity index (χ4n) is 2.09. The molecule has 0 aliphatic rings. The average Bonchev–Trinajstić information content (AvgIpc) is 2.35. The molecule has 0 aliphatic heterocycles. The highest BCUT2D eigenvalue weighted by atomic mass is 79.9. The molecule has 1 nitrogen and oxygen atoms in total. The monoisotopic (exact) mass is 343 g/mol. The highest BCUT2D eigenvalue weighted by Crippen LogP contribution is 2.30. The van der Waals surface area contributed by atoms with Crippen LogP contribution in [0.2, 0.25) is 0 Å². The van der Waals surface area contributed by atoms with Crippen LogP contribution in [0.1, 0.15) is 24.1 Å². The van der Waals surface area contributed by atoms with E-state index < -0.39 is 17.7 Å². The van der Waals surface area contributed by atoms with E-state index in [4.69, 9.17) is 0 Å². The SMILES string of the molecule is CCNC(c1cc(F)cc(F)c1)c1ccc(F)cc1Br. The summed E-state index contributed by atoms with van der Waals surface area (Å²) in [5.74, 6) is -1.65. The van der Waals surface area contributed by atoms with E-state index in [0.29, 0.717) is 16.6 Å². The molecular weight excluding hydrogens is 331 g/mol. The van der Waals surface area contributed by atoms with Gasteiger partial charge in [0.1, 0.15) is 17.5 Å². The Labute approximate surface area is 123 Å². The predicted octanol–water partition coefficient (Wildman–Crippen LogP) is 4.57. The van der Waals surface area contributed by atoms with E-state index in [2.05, 4.69) is 21.2 Å². The zero-order chi connectivity index (χ0) is 14.7. The summed E-state index contributed by atoms with van der Waals surface area (Å²) in [5, 5.41) is 3.14. The molecule has 5 heteroatoms. The maximum absolute atomic E-state index is 13.4. The van der Waals surface area contributed by atoms with Gasteiger partial charge >= 0.3 is 0 Å². The van der Waals surface area contributed by atoms with Crippen LogP contribution in [0.15, 0.2) is 40.9 Å². The molecule has 0 aliphatic carbocycles. The lowest BCUT2D eigenvalue weighted by Gasteiger charge is -2.20. The number of hydrogen-bond acceptors (Lipinski definition) is 1. The summed E-state index contributed by atoms with van der Waals surface area (Å²) in [7, 11) is 0. The molecule has 2 aromatic carbocycles. The van der Waals surface area contributed by atoms with E-state index in [-0.39, 0.29) is 5.82 Å². The van der Waals surface area contributed by atoms with Crippen molar-refractivity contribution >= 4 is 15.9 Å². The molecule has 1 unspecified atom stereocenters. The molecule has 20 heavy (non-hydrogen) atoms. The molecule has 0 fully saturated rings. The lowest BCUT2D eigenvalue weighted by atomic mass is 9.98. The second kappa shape index (κ2) is 6.41. The number of halogens is 4. The number of rotatable bonds is 4. The first-order valence-corrected chi connectivity index (χ1v) is 6.95. The smallest absolute Gasteiger partial charge is 0.126 e. The van der Waals surface area contributed by atoms with Gasteiger partial charge in [-0.3, -0.25) is 0 Å². The topological polar surface area (TPSA) is 12.0 Å². The Hall–Kier alpha value is -1.33. The molecule has 0 amide bonds. The first kappa shape index (κ1) is 15.1. The minimum Gasteiger partial charge on any atom is -0.306 e. The number of nitrogens with one attached hydrogen (secondary N) is 1. The maximum Gasteiger partial charge on any atom is 0.126 e. The molecule has 0 aromatic heterocycles. The zero-order valence-electron chi connectivity index (χ0n) is 10.8. The van der Waals surface area contributed by atoms with Crippen molar-refractivity contribution in [2.45, 2.75) is 13.0 Å². The Morgan fingerprint density at radius 2 is 1.65 bits per heavy atom. The fraction of sp³-hybridized carbons (Fsp3) is 0.200. The largest absolute Gasteiger partial charge is 0.306 e. The molecule has 0 spiro atoms. The van der Waals surface area contributed by atoms with Gasteiger partial charge in [0.05, 0.1) is 6.04 Å². The van der Waals surface area contributed by atoms with E-state index in [9.17, 15) is 13.2 Å². The fourth-order valence-corrected chi connectivity index (χ4v) is 2.67. The molecule has 0 radical (unpaired) electrons. The van der Waals surface area contributed by atoms with Crippen molar-refractivity contribution in [1.82, 2.24) is 5.32 Å². The molecule has 2 rings (SSSR count). The minimum absolute atomic E-state index is 0.374. The highest BCUT2D eigenvalue weighted by molar-refractivity contribution is 9.10. The molecule has 1 N–H and O–H groups in total. The highest BCUT2D eigenvalue weighted by Gasteiger charge is 2.18. The second-order valence-corrected chi connectivity index (χ2v) is 5.21. The maximum atomic E-state index is 13.4. The van der Waals surface area contributed by atoms with Gasteiger partial charge in [0.15, 0.2) is 0 Å². The van der Waals surface area contributed by atoms with E-state index >= 15 is 0 Å². The van der Waals surface area contributed by atoms with Crippen molar-refractivity contribution in [1.29, 1.82) is 0 Å². The summed E-state index contributed by atoms with van der Waals surface area (Å²) in [5.41, 5.74) is 1.18. The van der Waals surface area contributed by atoms with Crippen LogP contribution in [0, 0.1) is 17.5 Å². The summed E-state index contributed by atoms with van der Waals surface area (Å²) in [6.45, 7) is 2.49. The molecule has 0 saturated carbocycles. The Kier molecular flexibility index (Phi) is 4.83. The van der Waals surface area contributed by atoms with Crippen LogP contribution in [-0.4, -0.2) is 6.54 Å². The van der Waals surface area contributed by atoms with Crippen molar-refractivity contribution in [2.75, 3.05) is 6.54 Å². The van der Waals surface area contributed by atoms with Crippen molar-refractivity contribution in [3.8, 4) is 0 Å². The van der Waals surface area contributed by atoms with Crippen LogP contribution in [-0.2, 0) is 0 Å². The molecule has 106 valence electrons. The second-order valence-electron chi connectivity index (χ2n) is 4.36. The van der Waals surface area contributed by atoms with Gasteiger partial charge in [-0.2, -0.15) is 0 Å². The van der Waals surface area contributed by atoms with Crippen molar-refractivity contribution in [3.63, 3.8) is 0 Å². The third-order valence-electron chi connectivity index (χ3n) is 2.90.